The van der Waals surface area contributed by atoms with Crippen molar-refractivity contribution in [2.24, 2.45) is 11.7 Å². The second kappa shape index (κ2) is 4.40. The largest absolute Gasteiger partial charge is 0.386 e. The van der Waals surface area contributed by atoms with Gasteiger partial charge in [-0.1, -0.05) is 17.7 Å². The molecule has 2 rings (SSSR count). The summed E-state index contributed by atoms with van der Waals surface area (Å²) in [6.45, 7) is 1.68. The smallest absolute Gasteiger partial charge is 0.131 e. The van der Waals surface area contributed by atoms with Crippen LogP contribution in [-0.2, 0) is 0 Å². The highest BCUT2D eigenvalue weighted by Crippen LogP contribution is 2.11. The van der Waals surface area contributed by atoms with Crippen LogP contribution in [0.4, 0.5) is 5.82 Å². The Morgan fingerprint density at radius 2 is 2.47 bits per heavy atom. The third-order valence-corrected chi connectivity index (χ3v) is 2.45. The molecule has 4 N–H and O–H groups in total. The number of pyridine rings is 1. The van der Waals surface area contributed by atoms with Gasteiger partial charge in [-0.25, -0.2) is 4.98 Å². The maximum Gasteiger partial charge on any atom is 0.131 e. The fourth-order valence-corrected chi connectivity index (χ4v) is 1.66. The Balaban J connectivity index is 1.88. The van der Waals surface area contributed by atoms with Crippen LogP contribution in [0.3, 0.4) is 0 Å². The number of nitrogens with zero attached hydrogens (tertiary/aromatic N) is 1. The summed E-state index contributed by atoms with van der Waals surface area (Å²) in [5.74, 6) is 1.95. The van der Waals surface area contributed by atoms with Gasteiger partial charge in [0.1, 0.15) is 11.0 Å². The first-order valence-corrected chi connectivity index (χ1v) is 5.19. The third-order valence-electron chi connectivity index (χ3n) is 2.24. The molecule has 0 radical (unpaired) electrons. The monoisotopic (exact) mass is 224 g/mol. The molecule has 15 heavy (non-hydrogen) atoms. The molecule has 2 heterocycles. The van der Waals surface area contributed by atoms with E-state index in [2.05, 4.69) is 15.6 Å². The van der Waals surface area contributed by atoms with Crippen molar-refractivity contribution in [2.45, 2.75) is 0 Å². The lowest BCUT2D eigenvalue weighted by Gasteiger charge is -2.09. The maximum atomic E-state index is 5.77. The highest BCUT2D eigenvalue weighted by atomic mass is 35.5. The Morgan fingerprint density at radius 3 is 3.13 bits per heavy atom. The van der Waals surface area contributed by atoms with Crippen LogP contribution in [0.25, 0.3) is 0 Å². The van der Waals surface area contributed by atoms with Crippen LogP contribution in [0.2, 0.25) is 5.15 Å². The molecule has 1 aromatic heterocycles. The van der Waals surface area contributed by atoms with Gasteiger partial charge < -0.3 is 16.4 Å². The average Bonchev–Trinajstić information content (AvgIpc) is 2.62. The predicted octanol–water partition coefficient (Wildman–Crippen LogP) is 1.17. The first-order valence-electron chi connectivity index (χ1n) is 4.81. The standard InChI is InChI=1S/C10H13ClN4/c11-8-2-1-3-10(15-8)14-6-7-4-9(12)13-5-7/h1-4,7,13H,5-6,12H2,(H,14,15)/t7-/m0/s1. The number of rotatable bonds is 3. The molecule has 1 aliphatic rings. The van der Waals surface area contributed by atoms with Crippen LogP contribution in [0.15, 0.2) is 30.1 Å². The van der Waals surface area contributed by atoms with Crippen molar-refractivity contribution in [3.05, 3.63) is 35.2 Å². The summed E-state index contributed by atoms with van der Waals surface area (Å²) >= 11 is 5.77. The van der Waals surface area contributed by atoms with Gasteiger partial charge >= 0.3 is 0 Å². The van der Waals surface area contributed by atoms with Crippen LogP contribution in [0.1, 0.15) is 0 Å². The highest BCUT2D eigenvalue weighted by molar-refractivity contribution is 6.29. The summed E-state index contributed by atoms with van der Waals surface area (Å²) in [5, 5.41) is 6.78. The normalized spacial score (nSPS) is 19.5. The summed E-state index contributed by atoms with van der Waals surface area (Å²) in [5.41, 5.74) is 5.60. The van der Waals surface area contributed by atoms with Crippen molar-refractivity contribution in [1.29, 1.82) is 0 Å². The van der Waals surface area contributed by atoms with E-state index in [1.54, 1.807) is 6.07 Å². The number of halogens is 1. The van der Waals surface area contributed by atoms with Crippen molar-refractivity contribution >= 4 is 17.4 Å². The lowest BCUT2D eigenvalue weighted by molar-refractivity contribution is 0.679. The van der Waals surface area contributed by atoms with E-state index < -0.39 is 0 Å². The van der Waals surface area contributed by atoms with Crippen LogP contribution in [0.5, 0.6) is 0 Å². The van der Waals surface area contributed by atoms with Crippen molar-refractivity contribution in [1.82, 2.24) is 10.3 Å². The SMILES string of the molecule is NC1=C[C@H](CNc2cccc(Cl)n2)CN1. The second-order valence-electron chi connectivity index (χ2n) is 3.49. The molecular formula is C10H13ClN4. The van der Waals surface area contributed by atoms with Gasteiger partial charge in [0, 0.05) is 19.0 Å². The van der Waals surface area contributed by atoms with Crippen LogP contribution < -0.4 is 16.4 Å². The van der Waals surface area contributed by atoms with Crippen LogP contribution >= 0.6 is 11.6 Å². The van der Waals surface area contributed by atoms with Crippen molar-refractivity contribution in [3.8, 4) is 0 Å². The Hall–Kier alpha value is -1.42. The summed E-state index contributed by atoms with van der Waals surface area (Å²) in [4.78, 5) is 4.14. The molecule has 0 spiro atoms. The van der Waals surface area contributed by atoms with Gasteiger partial charge in [0.2, 0.25) is 0 Å². The Morgan fingerprint density at radius 1 is 1.60 bits per heavy atom. The Kier molecular flexibility index (Phi) is 2.97. The number of hydrogen-bond donors (Lipinski definition) is 3. The second-order valence-corrected chi connectivity index (χ2v) is 3.88. The summed E-state index contributed by atoms with van der Waals surface area (Å²) in [6, 6.07) is 5.51. The van der Waals surface area contributed by atoms with E-state index >= 15 is 0 Å². The fourth-order valence-electron chi connectivity index (χ4n) is 1.49. The summed E-state index contributed by atoms with van der Waals surface area (Å²) in [6.07, 6.45) is 2.01. The third kappa shape index (κ3) is 2.76. The van der Waals surface area contributed by atoms with Gasteiger partial charge in [0.05, 0.1) is 5.82 Å². The molecule has 0 saturated carbocycles. The number of hydrogen-bond acceptors (Lipinski definition) is 4. The maximum absolute atomic E-state index is 5.77. The molecule has 80 valence electrons. The average molecular weight is 225 g/mol. The van der Waals surface area contributed by atoms with Gasteiger partial charge in [0.25, 0.3) is 0 Å². The number of anilines is 1. The molecular weight excluding hydrogens is 212 g/mol. The van der Waals surface area contributed by atoms with E-state index in [0.29, 0.717) is 11.1 Å². The first kappa shape index (κ1) is 10.1. The summed E-state index contributed by atoms with van der Waals surface area (Å²) < 4.78 is 0. The molecule has 4 nitrogen and oxygen atoms in total. The Labute approximate surface area is 93.5 Å². The van der Waals surface area contributed by atoms with E-state index in [9.17, 15) is 0 Å². The lowest BCUT2D eigenvalue weighted by Crippen LogP contribution is -2.20. The van der Waals surface area contributed by atoms with Crippen LogP contribution in [0, 0.1) is 5.92 Å². The van der Waals surface area contributed by atoms with E-state index in [1.807, 2.05) is 18.2 Å². The predicted molar refractivity (Wildman–Crippen MR) is 61.5 cm³/mol. The molecule has 1 aliphatic heterocycles. The minimum atomic E-state index is 0.408. The molecule has 0 aliphatic carbocycles. The molecule has 5 heteroatoms. The van der Waals surface area contributed by atoms with E-state index in [-0.39, 0.29) is 0 Å². The zero-order valence-corrected chi connectivity index (χ0v) is 8.96. The molecule has 1 aromatic rings. The minimum absolute atomic E-state index is 0.408. The number of nitrogens with two attached hydrogens (primary N) is 1. The highest BCUT2D eigenvalue weighted by Gasteiger charge is 2.12. The van der Waals surface area contributed by atoms with E-state index in [1.165, 1.54) is 0 Å². The van der Waals surface area contributed by atoms with Gasteiger partial charge in [0.15, 0.2) is 0 Å². The molecule has 0 unspecified atom stereocenters. The van der Waals surface area contributed by atoms with Crippen molar-refractivity contribution < 1.29 is 0 Å². The summed E-state index contributed by atoms with van der Waals surface area (Å²) in [7, 11) is 0. The Bertz CT molecular complexity index is 377. The van der Waals surface area contributed by atoms with Gasteiger partial charge in [-0.3, -0.25) is 0 Å². The lowest BCUT2D eigenvalue weighted by atomic mass is 10.2. The molecule has 0 fully saturated rings. The fraction of sp³-hybridized carbons (Fsp3) is 0.300. The quantitative estimate of drug-likeness (QED) is 0.675. The van der Waals surface area contributed by atoms with Gasteiger partial charge in [-0.15, -0.1) is 0 Å². The van der Waals surface area contributed by atoms with E-state index in [0.717, 1.165) is 24.7 Å². The molecule has 0 saturated heterocycles. The zero-order valence-electron chi connectivity index (χ0n) is 8.20. The molecule has 1 atom stereocenters. The van der Waals surface area contributed by atoms with Crippen LogP contribution in [-0.4, -0.2) is 18.1 Å². The van der Waals surface area contributed by atoms with Crippen molar-refractivity contribution in [2.75, 3.05) is 18.4 Å². The molecule has 0 aromatic carbocycles. The topological polar surface area (TPSA) is 63.0 Å². The van der Waals surface area contributed by atoms with Gasteiger partial charge in [-0.05, 0) is 18.2 Å². The number of nitrogens with one attached hydrogen (secondary N) is 2. The molecule has 0 bridgehead atoms. The van der Waals surface area contributed by atoms with E-state index in [4.69, 9.17) is 17.3 Å². The molecule has 0 amide bonds. The minimum Gasteiger partial charge on any atom is -0.386 e. The zero-order chi connectivity index (χ0) is 10.7. The number of aromatic nitrogens is 1. The van der Waals surface area contributed by atoms with Crippen molar-refractivity contribution in [3.63, 3.8) is 0 Å². The van der Waals surface area contributed by atoms with Gasteiger partial charge in [-0.2, -0.15) is 0 Å². The first-order chi connectivity index (χ1) is 7.24.